The summed E-state index contributed by atoms with van der Waals surface area (Å²) in [6.07, 6.45) is 20.0. The van der Waals surface area contributed by atoms with Gasteiger partial charge in [-0.2, -0.15) is 12.2 Å². The van der Waals surface area contributed by atoms with E-state index in [1.807, 2.05) is 24.3 Å². The molecule has 0 saturated carbocycles. The van der Waals surface area contributed by atoms with E-state index in [1.54, 1.807) is 3.26 Å². The molecule has 2 aliphatic rings. The summed E-state index contributed by atoms with van der Waals surface area (Å²) >= 11 is 1.27. The summed E-state index contributed by atoms with van der Waals surface area (Å²) in [7, 11) is 0. The molecule has 0 aliphatic heterocycles. The van der Waals surface area contributed by atoms with E-state index in [2.05, 4.69) is 38.2 Å². The van der Waals surface area contributed by atoms with E-state index < -0.39 is 0 Å². The van der Waals surface area contributed by atoms with Gasteiger partial charge in [0.05, 0.1) is 0 Å². The Balaban J connectivity index is -0.000000151. The van der Waals surface area contributed by atoms with Gasteiger partial charge in [-0.3, -0.25) is 12.2 Å². The second-order valence-corrected chi connectivity index (χ2v) is 6.60. The molecule has 0 nitrogen and oxygen atoms in total. The van der Waals surface area contributed by atoms with Crippen LogP contribution >= 0.6 is 0 Å². The molecule has 0 aromatic heterocycles. The van der Waals surface area contributed by atoms with Crippen LogP contribution in [-0.4, -0.2) is 3.26 Å². The Labute approximate surface area is 116 Å². The van der Waals surface area contributed by atoms with Crippen molar-refractivity contribution in [3.63, 3.8) is 0 Å². The van der Waals surface area contributed by atoms with E-state index in [4.69, 9.17) is 0 Å². The molecule has 0 unspecified atom stereocenters. The van der Waals surface area contributed by atoms with Gasteiger partial charge in [-0.05, 0) is 0 Å². The quantitative estimate of drug-likeness (QED) is 0.419. The van der Waals surface area contributed by atoms with E-state index in [-0.39, 0.29) is 13.8 Å². The van der Waals surface area contributed by atoms with Gasteiger partial charge >= 0.3 is 41.0 Å². The second kappa shape index (κ2) is 14.0. The van der Waals surface area contributed by atoms with Crippen molar-refractivity contribution in [2.75, 3.05) is 0 Å². The predicted molar refractivity (Wildman–Crippen MR) is 60.6 cm³/mol. The smallest absolute Gasteiger partial charge is 0.109 e. The van der Waals surface area contributed by atoms with E-state index in [0.29, 0.717) is 0 Å². The van der Waals surface area contributed by atoms with Gasteiger partial charge in [0.25, 0.3) is 0 Å². The summed E-state index contributed by atoms with van der Waals surface area (Å²) in [4.78, 5) is 0. The van der Waals surface area contributed by atoms with Crippen LogP contribution in [0.4, 0.5) is 0 Å². The van der Waals surface area contributed by atoms with Crippen molar-refractivity contribution in [1.29, 1.82) is 0 Å². The topological polar surface area (TPSA) is 0 Å². The third-order valence-corrected chi connectivity index (χ3v) is 1.17. The molecule has 0 aromatic carbocycles. The number of hydrogen-bond donors (Lipinski definition) is 0. The first kappa shape index (κ1) is 17.4. The summed E-state index contributed by atoms with van der Waals surface area (Å²) in [5.41, 5.74) is 0. The number of hydrogen-bond acceptors (Lipinski definition) is 0. The Morgan fingerprint density at radius 3 is 1.47 bits per heavy atom. The fraction of sp³-hybridized carbons (Fsp3) is 0.308. The molecule has 2 heteroatoms. The zero-order valence-electron chi connectivity index (χ0n) is 10.3. The van der Waals surface area contributed by atoms with Crippen LogP contribution in [-0.2, 0) is 23.9 Å². The van der Waals surface area contributed by atoms with Gasteiger partial charge in [0.15, 0.2) is 0 Å². The molecular weight excluding hydrogens is 370 g/mol. The van der Waals surface area contributed by atoms with Crippen molar-refractivity contribution in [3.8, 4) is 0 Å². The molecule has 0 aromatic rings. The van der Waals surface area contributed by atoms with Gasteiger partial charge in [0.2, 0.25) is 0 Å². The first-order valence-corrected chi connectivity index (χ1v) is 6.48. The zero-order valence-corrected chi connectivity index (χ0v) is 13.6. The molecule has 82 valence electrons. The molecule has 0 spiro atoms. The van der Waals surface area contributed by atoms with E-state index in [0.717, 1.165) is 12.8 Å². The molecule has 0 amide bonds. The normalized spacial score (nSPS) is 13.6. The molecule has 0 radical (unpaired) electrons. The molecule has 0 N–H and O–H groups in total. The molecule has 2 rings (SSSR count). The van der Waals surface area contributed by atoms with Crippen LogP contribution in [0.5, 0.6) is 0 Å². The maximum Gasteiger partial charge on any atom is -0.109 e. The van der Waals surface area contributed by atoms with Crippen LogP contribution in [0, 0.1) is 12.2 Å². The van der Waals surface area contributed by atoms with Crippen LogP contribution < -0.4 is 12.4 Å². The van der Waals surface area contributed by atoms with Gasteiger partial charge in [-0.15, -0.1) is 12.8 Å². The molecular formula is C13H17ClHf-2. The van der Waals surface area contributed by atoms with Gasteiger partial charge in [0, 0.05) is 0 Å². The standard InChI is InChI=1S/2C5H5.C3H6.ClH.Hf.H/c2*1-2-4-5-3-1;1-3-2;;;/h2*1-3H,4H2;1-2H3;1H;;/q2*-1;;;+2;-1/p-1. The van der Waals surface area contributed by atoms with Crippen LogP contribution in [0.15, 0.2) is 36.5 Å². The Bertz CT molecular complexity index is 219. The number of halogens is 1. The summed E-state index contributed by atoms with van der Waals surface area (Å²) < 4.78 is 1.56. The van der Waals surface area contributed by atoms with Crippen LogP contribution in [0.1, 0.15) is 28.1 Å². The van der Waals surface area contributed by atoms with Crippen molar-refractivity contribution in [2.45, 2.75) is 26.7 Å². The van der Waals surface area contributed by atoms with Gasteiger partial charge in [-0.1, -0.05) is 0 Å². The average molecular weight is 387 g/mol. The summed E-state index contributed by atoms with van der Waals surface area (Å²) in [5, 5.41) is 0. The molecule has 15 heavy (non-hydrogen) atoms. The molecule has 0 bridgehead atoms. The monoisotopic (exact) mass is 388 g/mol. The molecule has 0 heterocycles. The maximum absolute atomic E-state index is 2.99. The second-order valence-electron chi connectivity index (χ2n) is 3.01. The first-order chi connectivity index (χ1) is 6.73. The zero-order chi connectivity index (χ0) is 10.6. The van der Waals surface area contributed by atoms with Crippen LogP contribution in [0.25, 0.3) is 0 Å². The van der Waals surface area contributed by atoms with Crippen molar-refractivity contribution in [3.05, 3.63) is 48.6 Å². The van der Waals surface area contributed by atoms with Crippen molar-refractivity contribution >= 4 is 3.26 Å². The maximum atomic E-state index is 2.99. The van der Waals surface area contributed by atoms with Gasteiger partial charge < -0.3 is 13.8 Å². The summed E-state index contributed by atoms with van der Waals surface area (Å²) in [6.45, 7) is 4.29. The molecule has 0 atom stereocenters. The van der Waals surface area contributed by atoms with Gasteiger partial charge in [0.1, 0.15) is 0 Å². The minimum absolute atomic E-state index is 0. The van der Waals surface area contributed by atoms with E-state index in [9.17, 15) is 0 Å². The summed E-state index contributed by atoms with van der Waals surface area (Å²) in [6, 6.07) is 0. The average Bonchev–Trinajstić information content (AvgIpc) is 2.83. The minimum atomic E-state index is 0. The number of allylic oxidation sites excluding steroid dienone is 8. The van der Waals surface area contributed by atoms with E-state index >= 15 is 0 Å². The summed E-state index contributed by atoms with van der Waals surface area (Å²) in [5.74, 6) is 0. The van der Waals surface area contributed by atoms with Crippen molar-refractivity contribution in [2.24, 2.45) is 0 Å². The molecule has 0 fully saturated rings. The third-order valence-electron chi connectivity index (χ3n) is 1.17. The Kier molecular flexibility index (Phi) is 16.2. The van der Waals surface area contributed by atoms with Gasteiger partial charge in [-0.25, -0.2) is 24.3 Å². The van der Waals surface area contributed by atoms with Crippen LogP contribution in [0.3, 0.4) is 0 Å². The minimum Gasteiger partial charge on any atom is -1.00 e. The fourth-order valence-corrected chi connectivity index (χ4v) is 0.680. The van der Waals surface area contributed by atoms with Crippen molar-refractivity contribution in [1.82, 2.24) is 0 Å². The SMILES string of the molecule is C[C](C)=[Hf+2].[C-]1=CC=CC1.[C-]1=CC=CC1.[Cl-].[H-]. The van der Waals surface area contributed by atoms with E-state index in [1.165, 1.54) is 23.9 Å². The largest absolute Gasteiger partial charge is 1.00 e. The number of rotatable bonds is 0. The predicted octanol–water partition coefficient (Wildman–Crippen LogP) is 0.473. The molecule has 2 aliphatic carbocycles. The fourth-order valence-electron chi connectivity index (χ4n) is 0.680. The van der Waals surface area contributed by atoms with Crippen LogP contribution in [0.2, 0.25) is 0 Å². The Morgan fingerprint density at radius 1 is 1.07 bits per heavy atom. The van der Waals surface area contributed by atoms with Crippen molar-refractivity contribution < 1.29 is 37.7 Å². The first-order valence-electron chi connectivity index (χ1n) is 4.68. The Hall–Kier alpha value is -0.00987. The Morgan fingerprint density at radius 2 is 1.40 bits per heavy atom. The third kappa shape index (κ3) is 20.2. The molecule has 0 saturated heterocycles.